The van der Waals surface area contributed by atoms with Crippen molar-refractivity contribution in [3.05, 3.63) is 12.7 Å². The first-order valence-electron chi connectivity index (χ1n) is 5.98. The van der Waals surface area contributed by atoms with Crippen LogP contribution in [-0.4, -0.2) is 66.3 Å². The predicted molar refractivity (Wildman–Crippen MR) is 66.4 cm³/mol. The summed E-state index contributed by atoms with van der Waals surface area (Å²) in [5, 5.41) is 8.78. The van der Waals surface area contributed by atoms with Crippen molar-refractivity contribution in [3.63, 3.8) is 0 Å². The van der Waals surface area contributed by atoms with Crippen LogP contribution < -0.4 is 0 Å². The number of carboxylic acids is 1. The number of nitrogens with zero attached hydrogens (tertiary/aromatic N) is 2. The lowest BCUT2D eigenvalue weighted by Crippen LogP contribution is -2.49. The van der Waals surface area contributed by atoms with Crippen molar-refractivity contribution >= 4 is 12.0 Å². The summed E-state index contributed by atoms with van der Waals surface area (Å²) in [6.07, 6.45) is 3.10. The molecule has 0 aliphatic carbocycles. The maximum atomic E-state index is 12.2. The average molecular weight is 256 g/mol. The van der Waals surface area contributed by atoms with Crippen molar-refractivity contribution in [3.8, 4) is 0 Å². The number of urea groups is 1. The Hall–Kier alpha value is -1.56. The van der Waals surface area contributed by atoms with Crippen molar-refractivity contribution in [2.45, 2.75) is 18.9 Å². The van der Waals surface area contributed by atoms with Gasteiger partial charge in [0.1, 0.15) is 6.54 Å². The minimum atomic E-state index is -1.02. The van der Waals surface area contributed by atoms with Crippen LogP contribution in [0.1, 0.15) is 12.8 Å². The van der Waals surface area contributed by atoms with Crippen LogP contribution in [0.5, 0.6) is 0 Å². The molecule has 0 unspecified atom stereocenters. The molecule has 0 aromatic carbocycles. The standard InChI is InChI=1S/C12H20N2O4/c1-3-6-14(9-11(15)16)12(17)13(2)10-4-7-18-8-5-10/h3,10H,1,4-9H2,2H3,(H,15,16). The Morgan fingerprint density at radius 2 is 2.06 bits per heavy atom. The minimum Gasteiger partial charge on any atom is -0.480 e. The van der Waals surface area contributed by atoms with E-state index in [2.05, 4.69) is 6.58 Å². The van der Waals surface area contributed by atoms with Gasteiger partial charge >= 0.3 is 12.0 Å². The molecule has 1 fully saturated rings. The van der Waals surface area contributed by atoms with Crippen molar-refractivity contribution in [2.24, 2.45) is 0 Å². The largest absolute Gasteiger partial charge is 0.480 e. The third kappa shape index (κ3) is 4.03. The third-order valence-corrected chi connectivity index (χ3v) is 2.99. The number of hydrogen-bond donors (Lipinski definition) is 1. The minimum absolute atomic E-state index is 0.118. The molecule has 6 nitrogen and oxygen atoms in total. The van der Waals surface area contributed by atoms with E-state index >= 15 is 0 Å². The fourth-order valence-electron chi connectivity index (χ4n) is 1.98. The molecule has 0 aromatic heterocycles. The van der Waals surface area contributed by atoms with E-state index in [0.29, 0.717) is 13.2 Å². The Bertz CT molecular complexity index is 313. The molecule has 1 N–H and O–H groups in total. The van der Waals surface area contributed by atoms with E-state index in [9.17, 15) is 9.59 Å². The van der Waals surface area contributed by atoms with E-state index in [-0.39, 0.29) is 25.2 Å². The highest BCUT2D eigenvalue weighted by molar-refractivity contribution is 5.80. The normalized spacial score (nSPS) is 16.1. The van der Waals surface area contributed by atoms with Crippen molar-refractivity contribution < 1.29 is 19.4 Å². The van der Waals surface area contributed by atoms with E-state index in [4.69, 9.17) is 9.84 Å². The molecule has 0 bridgehead atoms. The summed E-state index contributed by atoms with van der Waals surface area (Å²) in [6, 6.07) is -0.156. The summed E-state index contributed by atoms with van der Waals surface area (Å²) in [4.78, 5) is 25.8. The molecule has 1 aliphatic heterocycles. The second-order valence-corrected chi connectivity index (χ2v) is 4.30. The first-order valence-corrected chi connectivity index (χ1v) is 5.98. The topological polar surface area (TPSA) is 70.1 Å². The van der Waals surface area contributed by atoms with E-state index in [0.717, 1.165) is 12.8 Å². The molecule has 0 spiro atoms. The molecular formula is C12H20N2O4. The third-order valence-electron chi connectivity index (χ3n) is 2.99. The molecule has 18 heavy (non-hydrogen) atoms. The van der Waals surface area contributed by atoms with Gasteiger partial charge in [-0.1, -0.05) is 6.08 Å². The van der Waals surface area contributed by atoms with Gasteiger partial charge in [0.25, 0.3) is 0 Å². The highest BCUT2D eigenvalue weighted by Crippen LogP contribution is 2.14. The van der Waals surface area contributed by atoms with Crippen LogP contribution in [0.15, 0.2) is 12.7 Å². The van der Waals surface area contributed by atoms with E-state index in [1.165, 1.54) is 11.0 Å². The zero-order valence-corrected chi connectivity index (χ0v) is 10.7. The first-order chi connectivity index (χ1) is 8.56. The number of ether oxygens (including phenoxy) is 1. The van der Waals surface area contributed by atoms with Gasteiger partial charge in [-0.2, -0.15) is 0 Å². The van der Waals surface area contributed by atoms with E-state index < -0.39 is 5.97 Å². The van der Waals surface area contributed by atoms with Gasteiger partial charge in [0.15, 0.2) is 0 Å². The number of carbonyl (C=O) groups is 2. The highest BCUT2D eigenvalue weighted by atomic mass is 16.5. The van der Waals surface area contributed by atoms with Crippen molar-refractivity contribution in [2.75, 3.05) is 33.4 Å². The lowest BCUT2D eigenvalue weighted by atomic mass is 10.1. The molecule has 2 amide bonds. The van der Waals surface area contributed by atoms with Crippen LogP contribution in [-0.2, 0) is 9.53 Å². The van der Waals surface area contributed by atoms with Gasteiger partial charge < -0.3 is 19.6 Å². The number of aliphatic carboxylic acids is 1. The molecule has 1 heterocycles. The number of amides is 2. The number of rotatable bonds is 5. The van der Waals surface area contributed by atoms with Crippen LogP contribution in [0.25, 0.3) is 0 Å². The maximum absolute atomic E-state index is 12.2. The summed E-state index contributed by atoms with van der Waals surface area (Å²) in [5.74, 6) is -1.02. The second kappa shape index (κ2) is 7.00. The Morgan fingerprint density at radius 1 is 1.44 bits per heavy atom. The molecular weight excluding hydrogens is 236 g/mol. The quantitative estimate of drug-likeness (QED) is 0.738. The molecule has 102 valence electrons. The first kappa shape index (κ1) is 14.5. The monoisotopic (exact) mass is 256 g/mol. The Kier molecular flexibility index (Phi) is 5.64. The molecule has 1 aliphatic rings. The molecule has 0 saturated carbocycles. The van der Waals surface area contributed by atoms with Gasteiger partial charge in [-0.25, -0.2) is 4.79 Å². The van der Waals surface area contributed by atoms with E-state index in [1.807, 2.05) is 0 Å². The van der Waals surface area contributed by atoms with Gasteiger partial charge in [-0.15, -0.1) is 6.58 Å². The number of hydrogen-bond acceptors (Lipinski definition) is 3. The summed E-state index contributed by atoms with van der Waals surface area (Å²) >= 11 is 0. The zero-order chi connectivity index (χ0) is 13.5. The Balaban J connectivity index is 2.62. The number of carbonyl (C=O) groups excluding carboxylic acids is 1. The molecule has 0 atom stereocenters. The average Bonchev–Trinajstić information content (AvgIpc) is 2.37. The van der Waals surface area contributed by atoms with Crippen LogP contribution in [0.3, 0.4) is 0 Å². The van der Waals surface area contributed by atoms with Gasteiger partial charge in [0, 0.05) is 32.8 Å². The second-order valence-electron chi connectivity index (χ2n) is 4.30. The van der Waals surface area contributed by atoms with Gasteiger partial charge in [-0.05, 0) is 12.8 Å². The van der Waals surface area contributed by atoms with Crippen LogP contribution in [0.4, 0.5) is 4.79 Å². The Morgan fingerprint density at radius 3 is 2.56 bits per heavy atom. The molecule has 1 saturated heterocycles. The molecule has 6 heteroatoms. The maximum Gasteiger partial charge on any atom is 0.323 e. The highest BCUT2D eigenvalue weighted by Gasteiger charge is 2.26. The van der Waals surface area contributed by atoms with Gasteiger partial charge in [0.2, 0.25) is 0 Å². The fourth-order valence-corrected chi connectivity index (χ4v) is 1.98. The predicted octanol–water partition coefficient (Wildman–Crippen LogP) is 0.790. The Labute approximate surface area is 107 Å². The summed E-state index contributed by atoms with van der Waals surface area (Å²) < 4.78 is 5.24. The fraction of sp³-hybridized carbons (Fsp3) is 0.667. The molecule has 0 radical (unpaired) electrons. The van der Waals surface area contributed by atoms with Crippen LogP contribution in [0, 0.1) is 0 Å². The summed E-state index contributed by atoms with van der Waals surface area (Å²) in [7, 11) is 1.70. The smallest absolute Gasteiger partial charge is 0.323 e. The van der Waals surface area contributed by atoms with Crippen LogP contribution in [0.2, 0.25) is 0 Å². The lowest BCUT2D eigenvalue weighted by Gasteiger charge is -2.34. The molecule has 0 aromatic rings. The lowest BCUT2D eigenvalue weighted by molar-refractivity contribution is -0.137. The van der Waals surface area contributed by atoms with E-state index in [1.54, 1.807) is 11.9 Å². The summed E-state index contributed by atoms with van der Waals surface area (Å²) in [5.41, 5.74) is 0. The molecule has 1 rings (SSSR count). The zero-order valence-electron chi connectivity index (χ0n) is 10.7. The van der Waals surface area contributed by atoms with Gasteiger partial charge in [-0.3, -0.25) is 4.79 Å². The van der Waals surface area contributed by atoms with Crippen LogP contribution >= 0.6 is 0 Å². The SMILES string of the molecule is C=CCN(CC(=O)O)C(=O)N(C)C1CCOCC1. The summed E-state index contributed by atoms with van der Waals surface area (Å²) in [6.45, 7) is 4.75. The van der Waals surface area contributed by atoms with Crippen molar-refractivity contribution in [1.82, 2.24) is 9.80 Å². The number of carboxylic acid groups (broad SMARTS) is 1. The van der Waals surface area contributed by atoms with Gasteiger partial charge in [0.05, 0.1) is 0 Å². The van der Waals surface area contributed by atoms with Crippen molar-refractivity contribution in [1.29, 1.82) is 0 Å².